The third kappa shape index (κ3) is 4.73. The van der Waals surface area contributed by atoms with Gasteiger partial charge in [-0.25, -0.2) is 0 Å². The van der Waals surface area contributed by atoms with E-state index in [4.69, 9.17) is 4.74 Å². The molecule has 4 nitrogen and oxygen atoms in total. The summed E-state index contributed by atoms with van der Waals surface area (Å²) < 4.78 is 5.37. The van der Waals surface area contributed by atoms with Crippen molar-refractivity contribution in [1.82, 2.24) is 4.90 Å². The van der Waals surface area contributed by atoms with Crippen LogP contribution in [0.5, 0.6) is 0 Å². The van der Waals surface area contributed by atoms with E-state index >= 15 is 0 Å². The maximum atomic E-state index is 13.0. The van der Waals surface area contributed by atoms with Crippen molar-refractivity contribution in [1.29, 1.82) is 0 Å². The third-order valence-corrected chi connectivity index (χ3v) is 5.75. The van der Waals surface area contributed by atoms with Crippen LogP contribution in [0, 0.1) is 0 Å². The zero-order valence-corrected chi connectivity index (χ0v) is 16.1. The Balaban J connectivity index is 2.13. The van der Waals surface area contributed by atoms with Crippen LogP contribution in [-0.4, -0.2) is 40.7 Å². The van der Waals surface area contributed by atoms with Crippen LogP contribution in [-0.2, 0) is 20.7 Å². The Morgan fingerprint density at radius 2 is 2.09 bits per heavy atom. The van der Waals surface area contributed by atoms with Gasteiger partial charge in [0.2, 0.25) is 5.91 Å². The van der Waals surface area contributed by atoms with E-state index < -0.39 is 5.60 Å². The van der Waals surface area contributed by atoms with Gasteiger partial charge in [-0.05, 0) is 63.8 Å². The normalized spacial score (nSPS) is 17.7. The van der Waals surface area contributed by atoms with E-state index in [1.807, 2.05) is 46.1 Å². The SMILES string of the molecule is CC(C)N(CC(=O)OC(C)(C)C)C(=O)[C@@H]1SCCc2sccc21. The van der Waals surface area contributed by atoms with Gasteiger partial charge in [0.1, 0.15) is 17.4 Å². The largest absolute Gasteiger partial charge is 0.459 e. The van der Waals surface area contributed by atoms with Crippen molar-refractivity contribution in [2.45, 2.75) is 57.9 Å². The van der Waals surface area contributed by atoms with Crippen LogP contribution in [0.3, 0.4) is 0 Å². The Labute approximate surface area is 146 Å². The van der Waals surface area contributed by atoms with Crippen LogP contribution in [0.4, 0.5) is 0 Å². The number of thioether (sulfide) groups is 1. The second-order valence-electron chi connectivity index (χ2n) is 6.95. The van der Waals surface area contributed by atoms with Gasteiger partial charge in [-0.3, -0.25) is 9.59 Å². The van der Waals surface area contributed by atoms with Crippen molar-refractivity contribution in [3.63, 3.8) is 0 Å². The maximum Gasteiger partial charge on any atom is 0.326 e. The molecule has 1 aliphatic rings. The fourth-order valence-corrected chi connectivity index (χ4v) is 4.89. The molecule has 0 saturated carbocycles. The number of rotatable bonds is 4. The number of aryl methyl sites for hydroxylation is 1. The molecule has 2 rings (SSSR count). The zero-order valence-electron chi connectivity index (χ0n) is 14.4. The van der Waals surface area contributed by atoms with Gasteiger partial charge < -0.3 is 9.64 Å². The molecule has 0 bridgehead atoms. The van der Waals surface area contributed by atoms with E-state index in [-0.39, 0.29) is 29.7 Å². The van der Waals surface area contributed by atoms with Gasteiger partial charge in [-0.15, -0.1) is 23.1 Å². The van der Waals surface area contributed by atoms with Crippen molar-refractivity contribution in [3.05, 3.63) is 21.9 Å². The van der Waals surface area contributed by atoms with Crippen LogP contribution in [0.25, 0.3) is 0 Å². The molecule has 0 unspecified atom stereocenters. The van der Waals surface area contributed by atoms with Gasteiger partial charge in [0.25, 0.3) is 0 Å². The summed E-state index contributed by atoms with van der Waals surface area (Å²) in [6.45, 7) is 9.38. The minimum Gasteiger partial charge on any atom is -0.459 e. The Morgan fingerprint density at radius 1 is 1.39 bits per heavy atom. The number of hydrogen-bond acceptors (Lipinski definition) is 5. The summed E-state index contributed by atoms with van der Waals surface area (Å²) >= 11 is 3.38. The van der Waals surface area contributed by atoms with Crippen molar-refractivity contribution >= 4 is 35.0 Å². The Bertz CT molecular complexity index is 575. The fourth-order valence-electron chi connectivity index (χ4n) is 2.53. The lowest BCUT2D eigenvalue weighted by atomic mass is 10.1. The molecule has 0 aliphatic carbocycles. The highest BCUT2D eigenvalue weighted by Gasteiger charge is 2.34. The summed E-state index contributed by atoms with van der Waals surface area (Å²) in [6.07, 6.45) is 1.02. The van der Waals surface area contributed by atoms with Crippen LogP contribution in [0.2, 0.25) is 0 Å². The number of thiophene rings is 1. The minimum absolute atomic E-state index is 0.00427. The van der Waals surface area contributed by atoms with Gasteiger partial charge in [-0.1, -0.05) is 0 Å². The zero-order chi connectivity index (χ0) is 17.2. The molecule has 0 fully saturated rings. The summed E-state index contributed by atoms with van der Waals surface area (Å²) in [5.74, 6) is 0.601. The number of ether oxygens (including phenoxy) is 1. The molecular formula is C17H25NO3S2. The molecule has 1 aromatic heterocycles. The molecule has 2 heterocycles. The molecule has 0 saturated heterocycles. The van der Waals surface area contributed by atoms with Crippen LogP contribution >= 0.6 is 23.1 Å². The van der Waals surface area contributed by atoms with Gasteiger partial charge in [0.15, 0.2) is 0 Å². The average Bonchev–Trinajstić information content (AvgIpc) is 2.90. The third-order valence-electron chi connectivity index (χ3n) is 3.53. The quantitative estimate of drug-likeness (QED) is 0.773. The number of amides is 1. The second-order valence-corrected chi connectivity index (χ2v) is 9.16. The first-order chi connectivity index (χ1) is 10.7. The number of nitrogens with zero attached hydrogens (tertiary/aromatic N) is 1. The van der Waals surface area contributed by atoms with E-state index in [0.29, 0.717) is 0 Å². The summed E-state index contributed by atoms with van der Waals surface area (Å²) in [5.41, 5.74) is 0.578. The molecule has 0 spiro atoms. The molecule has 1 atom stereocenters. The van der Waals surface area contributed by atoms with Gasteiger partial charge >= 0.3 is 5.97 Å². The summed E-state index contributed by atoms with van der Waals surface area (Å²) in [7, 11) is 0. The van der Waals surface area contributed by atoms with E-state index in [1.54, 1.807) is 28.0 Å². The highest BCUT2D eigenvalue weighted by atomic mass is 32.2. The first-order valence-electron chi connectivity index (χ1n) is 7.89. The lowest BCUT2D eigenvalue weighted by Crippen LogP contribution is -2.44. The number of carbonyl (C=O) groups excluding carboxylic acids is 2. The molecular weight excluding hydrogens is 330 g/mol. The summed E-state index contributed by atoms with van der Waals surface area (Å²) in [6, 6.07) is 2.00. The number of carbonyl (C=O) groups is 2. The number of esters is 1. The molecule has 23 heavy (non-hydrogen) atoms. The lowest BCUT2D eigenvalue weighted by molar-refractivity contribution is -0.159. The predicted molar refractivity (Wildman–Crippen MR) is 95.9 cm³/mol. The van der Waals surface area contributed by atoms with Gasteiger partial charge in [0.05, 0.1) is 0 Å². The predicted octanol–water partition coefficient (Wildman–Crippen LogP) is 3.66. The second kappa shape index (κ2) is 7.26. The Kier molecular flexibility index (Phi) is 5.79. The molecule has 0 N–H and O–H groups in total. The minimum atomic E-state index is -0.539. The molecule has 6 heteroatoms. The van der Waals surface area contributed by atoms with Crippen molar-refractivity contribution in [2.75, 3.05) is 12.3 Å². The molecule has 0 radical (unpaired) electrons. The van der Waals surface area contributed by atoms with Gasteiger partial charge in [0, 0.05) is 10.9 Å². The Morgan fingerprint density at radius 3 is 2.70 bits per heavy atom. The highest BCUT2D eigenvalue weighted by molar-refractivity contribution is 8.00. The molecule has 1 amide bonds. The molecule has 128 valence electrons. The van der Waals surface area contributed by atoms with E-state index in [2.05, 4.69) is 0 Å². The average molecular weight is 356 g/mol. The number of hydrogen-bond donors (Lipinski definition) is 0. The van der Waals surface area contributed by atoms with Crippen molar-refractivity contribution in [3.8, 4) is 0 Å². The van der Waals surface area contributed by atoms with E-state index in [1.165, 1.54) is 4.88 Å². The first-order valence-corrected chi connectivity index (χ1v) is 9.82. The van der Waals surface area contributed by atoms with Crippen LogP contribution < -0.4 is 0 Å². The summed E-state index contributed by atoms with van der Waals surface area (Å²) in [5, 5.41) is 1.85. The van der Waals surface area contributed by atoms with E-state index in [9.17, 15) is 9.59 Å². The fraction of sp³-hybridized carbons (Fsp3) is 0.647. The van der Waals surface area contributed by atoms with Crippen molar-refractivity contribution < 1.29 is 14.3 Å². The molecule has 0 aromatic carbocycles. The highest BCUT2D eigenvalue weighted by Crippen LogP contribution is 2.40. The smallest absolute Gasteiger partial charge is 0.326 e. The van der Waals surface area contributed by atoms with Crippen molar-refractivity contribution in [2.24, 2.45) is 0 Å². The van der Waals surface area contributed by atoms with Gasteiger partial charge in [-0.2, -0.15) is 0 Å². The molecule has 1 aliphatic heterocycles. The Hall–Kier alpha value is -1.01. The first kappa shape index (κ1) is 18.3. The molecule has 1 aromatic rings. The number of fused-ring (bicyclic) bond motifs is 1. The van der Waals surface area contributed by atoms with E-state index in [0.717, 1.165) is 17.7 Å². The monoisotopic (exact) mass is 355 g/mol. The standard InChI is InChI=1S/C17H25NO3S2/c1-11(2)18(10-14(19)21-17(3,4)5)16(20)15-12-6-8-22-13(12)7-9-23-15/h6,8,11,15H,7,9-10H2,1-5H3/t15-/m1/s1. The topological polar surface area (TPSA) is 46.6 Å². The lowest BCUT2D eigenvalue weighted by Gasteiger charge is -2.32. The van der Waals surface area contributed by atoms with Crippen LogP contribution in [0.15, 0.2) is 11.4 Å². The maximum absolute atomic E-state index is 13.0. The van der Waals surface area contributed by atoms with Crippen LogP contribution in [0.1, 0.15) is 50.3 Å². The summed E-state index contributed by atoms with van der Waals surface area (Å²) in [4.78, 5) is 28.1.